The number of rotatable bonds is 4. The van der Waals surface area contributed by atoms with Crippen molar-refractivity contribution in [2.24, 2.45) is 0 Å². The normalized spacial score (nSPS) is 15.4. The Hall–Kier alpha value is -2.70. The third-order valence-electron chi connectivity index (χ3n) is 4.82. The lowest BCUT2D eigenvalue weighted by Crippen LogP contribution is -2.40. The molecule has 0 atom stereocenters. The summed E-state index contributed by atoms with van der Waals surface area (Å²) in [6, 6.07) is 6.96. The Bertz CT molecular complexity index is 867. The van der Waals surface area contributed by atoms with Gasteiger partial charge in [0.1, 0.15) is 6.54 Å². The zero-order chi connectivity index (χ0) is 18.5. The number of hydrogen-bond acceptors (Lipinski definition) is 4. The van der Waals surface area contributed by atoms with Crippen LogP contribution >= 0.6 is 0 Å². The molecule has 2 amide bonds. The summed E-state index contributed by atoms with van der Waals surface area (Å²) in [6.07, 6.45) is 6.56. The molecule has 0 saturated heterocycles. The maximum Gasteiger partial charge on any atom is 0.275 e. The van der Waals surface area contributed by atoms with Crippen LogP contribution < -0.4 is 16.2 Å². The molecule has 2 N–H and O–H groups in total. The van der Waals surface area contributed by atoms with Crippen molar-refractivity contribution >= 4 is 22.6 Å². The summed E-state index contributed by atoms with van der Waals surface area (Å²) in [5, 5.41) is 10.6. The molecule has 1 saturated carbocycles. The van der Waals surface area contributed by atoms with Crippen molar-refractivity contribution in [3.63, 3.8) is 0 Å². The van der Waals surface area contributed by atoms with Crippen LogP contribution in [-0.4, -0.2) is 34.7 Å². The lowest BCUT2D eigenvalue weighted by Gasteiger charge is -2.17. The maximum absolute atomic E-state index is 12.7. The van der Waals surface area contributed by atoms with Crippen LogP contribution in [0.15, 0.2) is 29.1 Å². The average Bonchev–Trinajstić information content (AvgIpc) is 2.92. The topological polar surface area (TPSA) is 93.1 Å². The minimum absolute atomic E-state index is 0.143. The predicted molar refractivity (Wildman–Crippen MR) is 99.0 cm³/mol. The highest BCUT2D eigenvalue weighted by atomic mass is 16.2. The summed E-state index contributed by atoms with van der Waals surface area (Å²) in [5.74, 6) is -0.635. The van der Waals surface area contributed by atoms with E-state index in [2.05, 4.69) is 15.7 Å². The Balaban J connectivity index is 1.87. The van der Waals surface area contributed by atoms with Crippen molar-refractivity contribution in [2.45, 2.75) is 51.1 Å². The monoisotopic (exact) mass is 356 g/mol. The number of nitrogens with zero attached hydrogens (tertiary/aromatic N) is 2. The van der Waals surface area contributed by atoms with E-state index in [1.165, 1.54) is 19.9 Å². The number of carbonyl (C=O) groups is 2. The molecule has 3 rings (SSSR count). The predicted octanol–water partition coefficient (Wildman–Crippen LogP) is 1.60. The summed E-state index contributed by atoms with van der Waals surface area (Å²) in [7, 11) is 1.51. The van der Waals surface area contributed by atoms with Crippen LogP contribution in [0.1, 0.15) is 49.0 Å². The largest absolute Gasteiger partial charge is 0.354 e. The lowest BCUT2D eigenvalue weighted by molar-refractivity contribution is -0.122. The molecular weight excluding hydrogens is 332 g/mol. The highest BCUT2D eigenvalue weighted by Crippen LogP contribution is 2.17. The molecule has 1 fully saturated rings. The van der Waals surface area contributed by atoms with E-state index < -0.39 is 0 Å². The second kappa shape index (κ2) is 8.12. The molecule has 26 heavy (non-hydrogen) atoms. The highest BCUT2D eigenvalue weighted by Gasteiger charge is 2.19. The molecule has 1 aromatic heterocycles. The first-order valence-corrected chi connectivity index (χ1v) is 9.11. The zero-order valence-electron chi connectivity index (χ0n) is 15.0. The van der Waals surface area contributed by atoms with Crippen LogP contribution in [0.25, 0.3) is 10.8 Å². The number of benzene rings is 1. The molecule has 7 heteroatoms. The van der Waals surface area contributed by atoms with Gasteiger partial charge < -0.3 is 10.6 Å². The SMILES string of the molecule is CNC(=O)c1nn(CC(=O)NC2CCCCCC2)c(=O)c2ccccc12. The van der Waals surface area contributed by atoms with E-state index in [1.807, 2.05) is 0 Å². The van der Waals surface area contributed by atoms with Gasteiger partial charge in [-0.3, -0.25) is 14.4 Å². The molecule has 7 nitrogen and oxygen atoms in total. The van der Waals surface area contributed by atoms with E-state index in [1.54, 1.807) is 24.3 Å². The molecule has 0 spiro atoms. The van der Waals surface area contributed by atoms with Gasteiger partial charge in [-0.2, -0.15) is 5.10 Å². The number of fused-ring (bicyclic) bond motifs is 1. The Kier molecular flexibility index (Phi) is 5.65. The van der Waals surface area contributed by atoms with Crippen molar-refractivity contribution in [3.8, 4) is 0 Å². The first-order chi connectivity index (χ1) is 12.6. The van der Waals surface area contributed by atoms with E-state index in [0.29, 0.717) is 10.8 Å². The van der Waals surface area contributed by atoms with Crippen molar-refractivity contribution in [1.82, 2.24) is 20.4 Å². The van der Waals surface area contributed by atoms with Gasteiger partial charge in [0, 0.05) is 18.5 Å². The fraction of sp³-hybridized carbons (Fsp3) is 0.474. The van der Waals surface area contributed by atoms with Crippen molar-refractivity contribution in [1.29, 1.82) is 0 Å². The first kappa shape index (κ1) is 18.1. The van der Waals surface area contributed by atoms with Gasteiger partial charge in [0.25, 0.3) is 11.5 Å². The Morgan fingerprint density at radius 3 is 2.42 bits per heavy atom. The summed E-state index contributed by atoms with van der Waals surface area (Å²) in [6.45, 7) is -0.190. The summed E-state index contributed by atoms with van der Waals surface area (Å²) in [4.78, 5) is 37.2. The van der Waals surface area contributed by atoms with Gasteiger partial charge in [-0.15, -0.1) is 0 Å². The third-order valence-corrected chi connectivity index (χ3v) is 4.82. The quantitative estimate of drug-likeness (QED) is 0.814. The van der Waals surface area contributed by atoms with Gasteiger partial charge in [-0.05, 0) is 18.9 Å². The average molecular weight is 356 g/mol. The Morgan fingerprint density at radius 1 is 1.12 bits per heavy atom. The molecule has 1 aromatic carbocycles. The van der Waals surface area contributed by atoms with E-state index >= 15 is 0 Å². The van der Waals surface area contributed by atoms with Crippen LogP contribution in [-0.2, 0) is 11.3 Å². The standard InChI is InChI=1S/C19H24N4O3/c1-20-18(25)17-14-10-6-7-11-15(14)19(26)23(22-17)12-16(24)21-13-8-4-2-3-5-9-13/h6-7,10-11,13H,2-5,8-9,12H2,1H3,(H,20,25)(H,21,24). The number of carbonyl (C=O) groups excluding carboxylic acids is 2. The van der Waals surface area contributed by atoms with Gasteiger partial charge in [-0.25, -0.2) is 4.68 Å². The number of nitrogens with one attached hydrogen (secondary N) is 2. The summed E-state index contributed by atoms with van der Waals surface area (Å²) < 4.78 is 1.08. The molecule has 1 aliphatic carbocycles. The zero-order valence-corrected chi connectivity index (χ0v) is 15.0. The van der Waals surface area contributed by atoms with E-state index in [9.17, 15) is 14.4 Å². The Morgan fingerprint density at radius 2 is 1.77 bits per heavy atom. The fourth-order valence-electron chi connectivity index (χ4n) is 3.46. The molecule has 1 aliphatic rings. The van der Waals surface area contributed by atoms with Crippen molar-refractivity contribution in [2.75, 3.05) is 7.05 Å². The lowest BCUT2D eigenvalue weighted by atomic mass is 10.1. The molecule has 2 aromatic rings. The van der Waals surface area contributed by atoms with Gasteiger partial charge in [0.05, 0.1) is 5.39 Å². The number of hydrogen-bond donors (Lipinski definition) is 2. The van der Waals surface area contributed by atoms with Gasteiger partial charge in [-0.1, -0.05) is 43.9 Å². The highest BCUT2D eigenvalue weighted by molar-refractivity contribution is 6.04. The molecule has 0 aliphatic heterocycles. The van der Waals surface area contributed by atoms with Crippen LogP contribution in [0, 0.1) is 0 Å². The number of aromatic nitrogens is 2. The van der Waals surface area contributed by atoms with Crippen molar-refractivity contribution < 1.29 is 9.59 Å². The molecule has 0 bridgehead atoms. The van der Waals surface area contributed by atoms with Crippen LogP contribution in [0.5, 0.6) is 0 Å². The van der Waals surface area contributed by atoms with E-state index in [-0.39, 0.29) is 35.7 Å². The molecule has 0 unspecified atom stereocenters. The van der Waals surface area contributed by atoms with Crippen molar-refractivity contribution in [3.05, 3.63) is 40.3 Å². The Labute approximate surface area is 151 Å². The summed E-state index contributed by atoms with van der Waals surface area (Å²) >= 11 is 0. The van der Waals surface area contributed by atoms with E-state index in [4.69, 9.17) is 0 Å². The van der Waals surface area contributed by atoms with Crippen LogP contribution in [0.3, 0.4) is 0 Å². The second-order valence-corrected chi connectivity index (χ2v) is 6.69. The van der Waals surface area contributed by atoms with Crippen LogP contribution in [0.2, 0.25) is 0 Å². The van der Waals surface area contributed by atoms with Gasteiger partial charge in [0.15, 0.2) is 5.69 Å². The third kappa shape index (κ3) is 3.92. The molecule has 1 heterocycles. The maximum atomic E-state index is 12.7. The number of amides is 2. The van der Waals surface area contributed by atoms with E-state index in [0.717, 1.165) is 30.4 Å². The smallest absolute Gasteiger partial charge is 0.275 e. The van der Waals surface area contributed by atoms with Gasteiger partial charge >= 0.3 is 0 Å². The molecular formula is C19H24N4O3. The first-order valence-electron chi connectivity index (χ1n) is 9.11. The second-order valence-electron chi connectivity index (χ2n) is 6.69. The van der Waals surface area contributed by atoms with Crippen LogP contribution in [0.4, 0.5) is 0 Å². The van der Waals surface area contributed by atoms with Gasteiger partial charge in [0.2, 0.25) is 5.91 Å². The molecule has 138 valence electrons. The minimum atomic E-state index is -0.390. The molecule has 0 radical (unpaired) electrons. The fourth-order valence-corrected chi connectivity index (χ4v) is 3.46. The summed E-state index contributed by atoms with van der Waals surface area (Å²) in [5.41, 5.74) is -0.228. The minimum Gasteiger partial charge on any atom is -0.354 e.